The first-order chi connectivity index (χ1) is 3.39. The molecule has 0 N–H and O–H groups in total. The van der Waals surface area contributed by atoms with Crippen LogP contribution in [0.15, 0.2) is 0 Å². The molecule has 1 heterocycles. The topological polar surface area (TPSA) is 9.23 Å². The molecule has 0 spiro atoms. The first-order valence-corrected chi connectivity index (χ1v) is 5.45. The average Bonchev–Trinajstić information content (AvgIpc) is 1.69. The van der Waals surface area contributed by atoms with Gasteiger partial charge in [-0.3, -0.25) is 0 Å². The summed E-state index contributed by atoms with van der Waals surface area (Å²) in [5.41, 5.74) is 0. The van der Waals surface area contributed by atoms with Crippen LogP contribution in [0.4, 0.5) is 0 Å². The van der Waals surface area contributed by atoms with E-state index in [4.69, 9.17) is 4.43 Å². The third-order valence-electron chi connectivity index (χ3n) is 1.41. The second-order valence-corrected chi connectivity index (χ2v) is 4.71. The zero-order chi connectivity index (χ0) is 5.11. The molecule has 1 unspecified atom stereocenters. The number of hydrogen-bond donors (Lipinski definition) is 0. The van der Waals surface area contributed by atoms with Crippen LogP contribution in [0.25, 0.3) is 0 Å². The van der Waals surface area contributed by atoms with Gasteiger partial charge >= 0.3 is 0 Å². The molecule has 4 radical (unpaired) electrons. The van der Waals surface area contributed by atoms with E-state index in [0.29, 0.717) is 0 Å². The molecule has 1 aliphatic heterocycles. The van der Waals surface area contributed by atoms with Gasteiger partial charge in [0.2, 0.25) is 0 Å². The first-order valence-electron chi connectivity index (χ1n) is 3.01. The molecule has 0 saturated carbocycles. The zero-order valence-electron chi connectivity index (χ0n) is 5.31. The smallest absolute Gasteiger partial charge is 0.173 e. The summed E-state index contributed by atoms with van der Waals surface area (Å²) in [5.74, 6) is 0. The Kier molecular flexibility index (Phi) is 4.50. The van der Waals surface area contributed by atoms with Crippen LogP contribution in [0.1, 0.15) is 14.3 Å². The molecule has 48 valence electrons. The summed E-state index contributed by atoms with van der Waals surface area (Å²) in [4.78, 5) is 0. The largest absolute Gasteiger partial charge is 0.420 e. The predicted octanol–water partition coefficient (Wildman–Crippen LogP) is 1.02. The quantitative estimate of drug-likeness (QED) is 0.464. The van der Waals surface area contributed by atoms with Gasteiger partial charge in [-0.1, -0.05) is 6.42 Å². The van der Waals surface area contributed by atoms with Crippen LogP contribution < -0.4 is 0 Å². The molecule has 3 heteroatoms. The van der Waals surface area contributed by atoms with Crippen molar-refractivity contribution in [2.45, 2.75) is 25.4 Å². The van der Waals surface area contributed by atoms with Crippen molar-refractivity contribution in [1.29, 1.82) is 0 Å². The molecule has 1 saturated heterocycles. The van der Waals surface area contributed by atoms with Crippen molar-refractivity contribution in [1.82, 2.24) is 0 Å². The normalized spacial score (nSPS) is 28.9. The van der Waals surface area contributed by atoms with Crippen LogP contribution >= 0.6 is 0 Å². The van der Waals surface area contributed by atoms with Gasteiger partial charge in [-0.05, 0) is 19.0 Å². The fourth-order valence-corrected chi connectivity index (χ4v) is 2.50. The van der Waals surface area contributed by atoms with Gasteiger partial charge in [-0.15, -0.1) is 0 Å². The molecule has 1 nitrogen and oxygen atoms in total. The van der Waals surface area contributed by atoms with E-state index in [-0.39, 0.29) is 12.4 Å². The molecule has 0 bridgehead atoms. The Bertz CT molecular complexity index is 56.9. The van der Waals surface area contributed by atoms with Crippen LogP contribution in [0.5, 0.6) is 0 Å². The fourth-order valence-electron chi connectivity index (χ4n) is 0.902. The molecule has 0 aliphatic carbocycles. The molecule has 0 amide bonds. The summed E-state index contributed by atoms with van der Waals surface area (Å²) >= 11 is 0. The summed E-state index contributed by atoms with van der Waals surface area (Å²) in [7, 11) is -0.595. The van der Waals surface area contributed by atoms with Crippen LogP contribution in [-0.2, 0) is 4.43 Å². The number of rotatable bonds is 0. The maximum absolute atomic E-state index is 5.42. The Balaban J connectivity index is 0. The minimum absolute atomic E-state index is 0. The molecule has 0 aromatic heterocycles. The highest BCUT2D eigenvalue weighted by Crippen LogP contribution is 2.09. The lowest BCUT2D eigenvalue weighted by atomic mass is 10.4. The van der Waals surface area contributed by atoms with Gasteiger partial charge in [-0.25, -0.2) is 0 Å². The maximum Gasteiger partial charge on any atom is 0.173 e. The van der Waals surface area contributed by atoms with E-state index in [1.807, 2.05) is 0 Å². The molecule has 1 aliphatic rings. The predicted molar refractivity (Wildman–Crippen MR) is 40.9 cm³/mol. The van der Waals surface area contributed by atoms with Gasteiger partial charge in [-0.2, -0.15) is 0 Å². The van der Waals surface area contributed by atoms with E-state index in [9.17, 15) is 0 Å². The van der Waals surface area contributed by atoms with Gasteiger partial charge in [0.25, 0.3) is 0 Å². The third kappa shape index (κ3) is 2.64. The standard InChI is InChI=1S/C5H12OSi.Si.H2/c1-7-5-3-2-4-6-7;;/h7H,2-5H2,1H3;;1H. The average molecular weight is 146 g/mol. The Morgan fingerprint density at radius 3 is 2.50 bits per heavy atom. The van der Waals surface area contributed by atoms with E-state index in [1.165, 1.54) is 18.9 Å². The SMILES string of the molecule is C[SiH]1CCCCO1.[HH].[Si]. The van der Waals surface area contributed by atoms with Crippen LogP contribution in [-0.4, -0.2) is 26.6 Å². The minimum Gasteiger partial charge on any atom is -0.420 e. The minimum atomic E-state index is -0.595. The molecule has 8 heavy (non-hydrogen) atoms. The second kappa shape index (κ2) is 4.29. The van der Waals surface area contributed by atoms with Gasteiger partial charge in [0.05, 0.1) is 0 Å². The second-order valence-electron chi connectivity index (χ2n) is 2.18. The molecule has 1 fully saturated rings. The monoisotopic (exact) mass is 146 g/mol. The maximum atomic E-state index is 5.42. The first kappa shape index (κ1) is 8.39. The Labute approximate surface area is 58.7 Å². The van der Waals surface area contributed by atoms with E-state index < -0.39 is 9.04 Å². The van der Waals surface area contributed by atoms with E-state index in [2.05, 4.69) is 6.55 Å². The molecule has 1 atom stereocenters. The molecule has 1 rings (SSSR count). The van der Waals surface area contributed by atoms with E-state index in [0.717, 1.165) is 6.61 Å². The van der Waals surface area contributed by atoms with Crippen LogP contribution in [0.2, 0.25) is 12.6 Å². The summed E-state index contributed by atoms with van der Waals surface area (Å²) in [6, 6.07) is 1.40. The third-order valence-corrected chi connectivity index (χ3v) is 3.43. The van der Waals surface area contributed by atoms with Gasteiger partial charge in [0, 0.05) is 19.0 Å². The highest BCUT2D eigenvalue weighted by Gasteiger charge is 2.08. The summed E-state index contributed by atoms with van der Waals surface area (Å²) in [6.45, 7) is 3.33. The highest BCUT2D eigenvalue weighted by atomic mass is 28.3. The Hall–Kier alpha value is 0.394. The van der Waals surface area contributed by atoms with Crippen LogP contribution in [0, 0.1) is 0 Å². The van der Waals surface area contributed by atoms with Crippen molar-refractivity contribution in [3.8, 4) is 0 Å². The summed E-state index contributed by atoms with van der Waals surface area (Å²) < 4.78 is 5.42. The van der Waals surface area contributed by atoms with Gasteiger partial charge < -0.3 is 4.43 Å². The molecular formula is C5H14OSi2. The van der Waals surface area contributed by atoms with Crippen molar-refractivity contribution in [2.75, 3.05) is 6.61 Å². The van der Waals surface area contributed by atoms with Crippen molar-refractivity contribution in [3.05, 3.63) is 0 Å². The van der Waals surface area contributed by atoms with Gasteiger partial charge in [0.1, 0.15) is 0 Å². The zero-order valence-corrected chi connectivity index (χ0v) is 7.47. The Morgan fingerprint density at radius 2 is 2.25 bits per heavy atom. The summed E-state index contributed by atoms with van der Waals surface area (Å²) in [6.07, 6.45) is 2.73. The lowest BCUT2D eigenvalue weighted by Crippen LogP contribution is -2.18. The van der Waals surface area contributed by atoms with Crippen molar-refractivity contribution in [2.24, 2.45) is 0 Å². The highest BCUT2D eigenvalue weighted by molar-refractivity contribution is 6.50. The van der Waals surface area contributed by atoms with Gasteiger partial charge in [0.15, 0.2) is 9.04 Å². The van der Waals surface area contributed by atoms with Crippen molar-refractivity contribution >= 4 is 20.0 Å². The molecule has 0 aromatic rings. The van der Waals surface area contributed by atoms with Crippen LogP contribution in [0.3, 0.4) is 0 Å². The van der Waals surface area contributed by atoms with Crippen molar-refractivity contribution in [3.63, 3.8) is 0 Å². The van der Waals surface area contributed by atoms with Crippen molar-refractivity contribution < 1.29 is 5.85 Å². The fraction of sp³-hybridized carbons (Fsp3) is 1.00. The number of hydrogen-bond acceptors (Lipinski definition) is 1. The van der Waals surface area contributed by atoms with E-state index in [1.54, 1.807) is 0 Å². The summed E-state index contributed by atoms with van der Waals surface area (Å²) in [5, 5.41) is 0. The Morgan fingerprint density at radius 1 is 1.50 bits per heavy atom. The molecular weight excluding hydrogens is 132 g/mol. The lowest BCUT2D eigenvalue weighted by molar-refractivity contribution is 0.291. The molecule has 0 aromatic carbocycles. The van der Waals surface area contributed by atoms with E-state index >= 15 is 0 Å². The lowest BCUT2D eigenvalue weighted by Gasteiger charge is -2.16.